The first-order valence-corrected chi connectivity index (χ1v) is 6.12. The molecule has 4 heteroatoms. The summed E-state index contributed by atoms with van der Waals surface area (Å²) in [5, 5.41) is 10.6. The lowest BCUT2D eigenvalue weighted by Crippen LogP contribution is -2.45. The molecule has 4 nitrogen and oxygen atoms in total. The first-order chi connectivity index (χ1) is 8.66. The van der Waals surface area contributed by atoms with Crippen LogP contribution in [-0.4, -0.2) is 32.0 Å². The molecule has 1 N–H and O–H groups in total. The highest BCUT2D eigenvalue weighted by Gasteiger charge is 2.45. The zero-order chi connectivity index (χ0) is 13.2. The summed E-state index contributed by atoms with van der Waals surface area (Å²) in [6.07, 6.45) is 2.12. The van der Waals surface area contributed by atoms with Gasteiger partial charge in [0.15, 0.2) is 0 Å². The van der Waals surface area contributed by atoms with Gasteiger partial charge in [-0.05, 0) is 37.5 Å². The molecule has 1 aliphatic carbocycles. The standard InChI is InChI=1S/C14H20O4/c1-16-10-5-6-12(17-2)11(9-10)13(15)14(18-3)7-4-8-14/h5-6,9,13,15H,4,7-8H2,1-3H3. The lowest BCUT2D eigenvalue weighted by molar-refractivity contribution is -0.152. The molecule has 0 bridgehead atoms. The molecule has 1 saturated carbocycles. The van der Waals surface area contributed by atoms with Crippen molar-refractivity contribution in [3.63, 3.8) is 0 Å². The number of hydrogen-bond acceptors (Lipinski definition) is 4. The van der Waals surface area contributed by atoms with E-state index in [1.165, 1.54) is 0 Å². The van der Waals surface area contributed by atoms with Gasteiger partial charge in [0, 0.05) is 12.7 Å². The summed E-state index contributed by atoms with van der Waals surface area (Å²) in [5.41, 5.74) is 0.248. The zero-order valence-corrected chi connectivity index (χ0v) is 11.1. The second kappa shape index (κ2) is 5.16. The van der Waals surface area contributed by atoms with Gasteiger partial charge in [-0.1, -0.05) is 0 Å². The third-order valence-electron chi connectivity index (χ3n) is 3.84. The topological polar surface area (TPSA) is 47.9 Å². The summed E-state index contributed by atoms with van der Waals surface area (Å²) in [4.78, 5) is 0. The molecule has 1 unspecified atom stereocenters. The summed E-state index contributed by atoms with van der Waals surface area (Å²) >= 11 is 0. The van der Waals surface area contributed by atoms with Crippen molar-refractivity contribution in [1.82, 2.24) is 0 Å². The van der Waals surface area contributed by atoms with E-state index < -0.39 is 11.7 Å². The minimum Gasteiger partial charge on any atom is -0.497 e. The van der Waals surface area contributed by atoms with Crippen molar-refractivity contribution in [2.75, 3.05) is 21.3 Å². The Bertz CT molecular complexity index is 407. The fourth-order valence-corrected chi connectivity index (χ4v) is 2.45. The molecule has 100 valence electrons. The molecule has 0 aliphatic heterocycles. The van der Waals surface area contributed by atoms with Crippen LogP contribution < -0.4 is 9.47 Å². The van der Waals surface area contributed by atoms with E-state index in [2.05, 4.69) is 0 Å². The normalized spacial score (nSPS) is 18.9. The number of aliphatic hydroxyl groups excluding tert-OH is 1. The molecule has 0 amide bonds. The van der Waals surface area contributed by atoms with Crippen LogP contribution in [0, 0.1) is 0 Å². The quantitative estimate of drug-likeness (QED) is 0.873. The Kier molecular flexibility index (Phi) is 3.78. The Balaban J connectivity index is 2.35. The number of benzene rings is 1. The molecular formula is C14H20O4. The van der Waals surface area contributed by atoms with Gasteiger partial charge in [0.2, 0.25) is 0 Å². The largest absolute Gasteiger partial charge is 0.497 e. The maximum absolute atomic E-state index is 10.6. The van der Waals surface area contributed by atoms with E-state index in [0.717, 1.165) is 24.8 Å². The highest BCUT2D eigenvalue weighted by Crippen LogP contribution is 2.47. The highest BCUT2D eigenvalue weighted by atomic mass is 16.5. The summed E-state index contributed by atoms with van der Waals surface area (Å²) in [6, 6.07) is 5.43. The average Bonchev–Trinajstić information content (AvgIpc) is 2.37. The van der Waals surface area contributed by atoms with E-state index in [1.54, 1.807) is 27.4 Å². The van der Waals surface area contributed by atoms with Crippen molar-refractivity contribution < 1.29 is 19.3 Å². The molecule has 1 atom stereocenters. The molecule has 18 heavy (non-hydrogen) atoms. The third kappa shape index (κ3) is 2.06. The van der Waals surface area contributed by atoms with Gasteiger partial charge in [0.1, 0.15) is 17.6 Å². The average molecular weight is 252 g/mol. The Hall–Kier alpha value is -1.26. The third-order valence-corrected chi connectivity index (χ3v) is 3.84. The molecule has 1 aliphatic rings. The molecular weight excluding hydrogens is 232 g/mol. The zero-order valence-electron chi connectivity index (χ0n) is 11.1. The van der Waals surface area contributed by atoms with E-state index in [9.17, 15) is 5.11 Å². The van der Waals surface area contributed by atoms with E-state index in [0.29, 0.717) is 11.5 Å². The van der Waals surface area contributed by atoms with Crippen molar-refractivity contribution in [3.8, 4) is 11.5 Å². The summed E-state index contributed by atoms with van der Waals surface area (Å²) < 4.78 is 16.0. The minimum atomic E-state index is -0.693. The fourth-order valence-electron chi connectivity index (χ4n) is 2.45. The van der Waals surface area contributed by atoms with Gasteiger partial charge in [-0.15, -0.1) is 0 Å². The number of rotatable bonds is 5. The van der Waals surface area contributed by atoms with E-state index in [1.807, 2.05) is 12.1 Å². The van der Waals surface area contributed by atoms with Crippen LogP contribution in [0.25, 0.3) is 0 Å². The van der Waals surface area contributed by atoms with E-state index in [-0.39, 0.29) is 0 Å². The second-order valence-corrected chi connectivity index (χ2v) is 4.63. The first kappa shape index (κ1) is 13.2. The summed E-state index contributed by atoms with van der Waals surface area (Å²) in [7, 11) is 4.85. The highest BCUT2D eigenvalue weighted by molar-refractivity contribution is 5.43. The van der Waals surface area contributed by atoms with Crippen LogP contribution in [0.1, 0.15) is 30.9 Å². The van der Waals surface area contributed by atoms with Crippen LogP contribution in [0.5, 0.6) is 11.5 Å². The number of ether oxygens (including phenoxy) is 3. The lowest BCUT2D eigenvalue weighted by Gasteiger charge is -2.44. The SMILES string of the molecule is COc1ccc(OC)c(C(O)C2(OC)CCC2)c1. The molecule has 1 aromatic carbocycles. The summed E-state index contributed by atoms with van der Waals surface area (Å²) in [6.45, 7) is 0. The Morgan fingerprint density at radius 1 is 1.17 bits per heavy atom. The smallest absolute Gasteiger partial charge is 0.125 e. The van der Waals surface area contributed by atoms with Crippen molar-refractivity contribution in [2.24, 2.45) is 0 Å². The van der Waals surface area contributed by atoms with Gasteiger partial charge in [-0.3, -0.25) is 0 Å². The number of methoxy groups -OCH3 is 3. The molecule has 0 aromatic heterocycles. The van der Waals surface area contributed by atoms with Crippen molar-refractivity contribution >= 4 is 0 Å². The molecule has 0 spiro atoms. The van der Waals surface area contributed by atoms with Gasteiger partial charge in [-0.2, -0.15) is 0 Å². The van der Waals surface area contributed by atoms with Gasteiger partial charge in [-0.25, -0.2) is 0 Å². The second-order valence-electron chi connectivity index (χ2n) is 4.63. The summed E-state index contributed by atoms with van der Waals surface area (Å²) in [5.74, 6) is 1.36. The van der Waals surface area contributed by atoms with Gasteiger partial charge >= 0.3 is 0 Å². The van der Waals surface area contributed by atoms with Crippen molar-refractivity contribution in [1.29, 1.82) is 0 Å². The minimum absolute atomic E-state index is 0.473. The molecule has 0 heterocycles. The Morgan fingerprint density at radius 2 is 1.89 bits per heavy atom. The Morgan fingerprint density at radius 3 is 2.33 bits per heavy atom. The number of aliphatic hydroxyl groups is 1. The van der Waals surface area contributed by atoms with E-state index >= 15 is 0 Å². The van der Waals surface area contributed by atoms with E-state index in [4.69, 9.17) is 14.2 Å². The van der Waals surface area contributed by atoms with Gasteiger partial charge < -0.3 is 19.3 Å². The molecule has 2 rings (SSSR count). The van der Waals surface area contributed by atoms with Crippen molar-refractivity contribution in [3.05, 3.63) is 23.8 Å². The predicted molar refractivity (Wildman–Crippen MR) is 68.1 cm³/mol. The molecule has 1 aromatic rings. The van der Waals surface area contributed by atoms with Gasteiger partial charge in [0.05, 0.1) is 19.8 Å². The maximum atomic E-state index is 10.6. The fraction of sp³-hybridized carbons (Fsp3) is 0.571. The van der Waals surface area contributed by atoms with Crippen LogP contribution in [0.2, 0.25) is 0 Å². The Labute approximate surface area is 107 Å². The molecule has 0 saturated heterocycles. The molecule has 0 radical (unpaired) electrons. The van der Waals surface area contributed by atoms with Crippen molar-refractivity contribution in [2.45, 2.75) is 31.0 Å². The van der Waals surface area contributed by atoms with Crippen LogP contribution in [-0.2, 0) is 4.74 Å². The van der Waals surface area contributed by atoms with Crippen LogP contribution in [0.4, 0.5) is 0 Å². The first-order valence-electron chi connectivity index (χ1n) is 6.12. The van der Waals surface area contributed by atoms with Crippen LogP contribution in [0.15, 0.2) is 18.2 Å². The maximum Gasteiger partial charge on any atom is 0.125 e. The number of hydrogen-bond donors (Lipinski definition) is 1. The van der Waals surface area contributed by atoms with Crippen LogP contribution in [0.3, 0.4) is 0 Å². The van der Waals surface area contributed by atoms with Crippen LogP contribution >= 0.6 is 0 Å². The molecule has 1 fully saturated rings. The monoisotopic (exact) mass is 252 g/mol. The van der Waals surface area contributed by atoms with Gasteiger partial charge in [0.25, 0.3) is 0 Å². The predicted octanol–water partition coefficient (Wildman–Crippen LogP) is 2.31. The lowest BCUT2D eigenvalue weighted by atomic mass is 9.73.